The molecule has 0 aromatic carbocycles. The Labute approximate surface area is 76.5 Å². The Morgan fingerprint density at radius 1 is 1.42 bits per heavy atom. The van der Waals surface area contributed by atoms with Crippen LogP contribution in [0.2, 0.25) is 0 Å². The number of nitrogens with zero attached hydrogens (tertiary/aromatic N) is 1. The standard InChI is InChI=1S/C11H21N/c1-8-7-10(8)9(2)12(6)11(3,4)5/h8,10H,2,7H2,1,3-6H3. The van der Waals surface area contributed by atoms with Crippen LogP contribution < -0.4 is 0 Å². The molecular weight excluding hydrogens is 146 g/mol. The third-order valence-corrected chi connectivity index (χ3v) is 2.97. The lowest BCUT2D eigenvalue weighted by molar-refractivity contribution is 0.216. The van der Waals surface area contributed by atoms with Crippen molar-refractivity contribution in [2.45, 2.75) is 39.7 Å². The van der Waals surface area contributed by atoms with Crippen molar-refractivity contribution < 1.29 is 0 Å². The van der Waals surface area contributed by atoms with Crippen molar-refractivity contribution in [2.24, 2.45) is 11.8 Å². The second-order valence-corrected chi connectivity index (χ2v) is 5.04. The highest BCUT2D eigenvalue weighted by Gasteiger charge is 2.38. The van der Waals surface area contributed by atoms with Crippen LogP contribution >= 0.6 is 0 Å². The van der Waals surface area contributed by atoms with Gasteiger partial charge in [0.2, 0.25) is 0 Å². The van der Waals surface area contributed by atoms with Crippen LogP contribution in [-0.4, -0.2) is 17.5 Å². The summed E-state index contributed by atoms with van der Waals surface area (Å²) < 4.78 is 0. The summed E-state index contributed by atoms with van der Waals surface area (Å²) in [5.74, 6) is 1.62. The minimum atomic E-state index is 0.222. The SMILES string of the molecule is C=C(C1CC1C)N(C)C(C)(C)C. The molecule has 1 nitrogen and oxygen atoms in total. The third kappa shape index (κ3) is 1.82. The van der Waals surface area contributed by atoms with Gasteiger partial charge in [0.1, 0.15) is 0 Å². The Morgan fingerprint density at radius 2 is 1.83 bits per heavy atom. The van der Waals surface area contributed by atoms with E-state index in [2.05, 4.69) is 46.2 Å². The van der Waals surface area contributed by atoms with E-state index in [0.29, 0.717) is 0 Å². The molecule has 1 aliphatic carbocycles. The van der Waals surface area contributed by atoms with Crippen molar-refractivity contribution in [1.82, 2.24) is 4.90 Å². The van der Waals surface area contributed by atoms with Crippen LogP contribution in [0.5, 0.6) is 0 Å². The van der Waals surface area contributed by atoms with Gasteiger partial charge in [0.05, 0.1) is 0 Å². The first-order valence-electron chi connectivity index (χ1n) is 4.76. The molecule has 0 aromatic heterocycles. The Kier molecular flexibility index (Phi) is 2.24. The molecule has 0 aromatic rings. The maximum absolute atomic E-state index is 4.16. The Morgan fingerprint density at radius 3 is 2.08 bits per heavy atom. The van der Waals surface area contributed by atoms with Gasteiger partial charge in [-0.15, -0.1) is 0 Å². The summed E-state index contributed by atoms with van der Waals surface area (Å²) in [5, 5.41) is 0. The van der Waals surface area contributed by atoms with Crippen molar-refractivity contribution in [3.8, 4) is 0 Å². The van der Waals surface area contributed by atoms with Gasteiger partial charge in [-0.3, -0.25) is 0 Å². The van der Waals surface area contributed by atoms with E-state index in [9.17, 15) is 0 Å². The van der Waals surface area contributed by atoms with Crippen molar-refractivity contribution in [1.29, 1.82) is 0 Å². The molecule has 70 valence electrons. The Hall–Kier alpha value is -0.460. The molecular formula is C11H21N. The zero-order chi connectivity index (χ0) is 9.52. The number of hydrogen-bond acceptors (Lipinski definition) is 1. The van der Waals surface area contributed by atoms with Gasteiger partial charge in [0.15, 0.2) is 0 Å². The van der Waals surface area contributed by atoms with Crippen molar-refractivity contribution >= 4 is 0 Å². The molecule has 0 spiro atoms. The van der Waals surface area contributed by atoms with Gasteiger partial charge in [-0.05, 0) is 33.1 Å². The minimum absolute atomic E-state index is 0.222. The van der Waals surface area contributed by atoms with Crippen LogP contribution in [-0.2, 0) is 0 Å². The number of rotatable bonds is 2. The quantitative estimate of drug-likeness (QED) is 0.611. The van der Waals surface area contributed by atoms with Crippen LogP contribution in [0, 0.1) is 11.8 Å². The van der Waals surface area contributed by atoms with Crippen molar-refractivity contribution in [2.75, 3.05) is 7.05 Å². The maximum atomic E-state index is 4.16. The van der Waals surface area contributed by atoms with E-state index in [-0.39, 0.29) is 5.54 Å². The highest BCUT2D eigenvalue weighted by atomic mass is 15.2. The zero-order valence-corrected chi connectivity index (χ0v) is 9.02. The van der Waals surface area contributed by atoms with E-state index in [1.54, 1.807) is 0 Å². The molecule has 0 amide bonds. The predicted octanol–water partition coefficient (Wildman–Crippen LogP) is 2.89. The molecule has 12 heavy (non-hydrogen) atoms. The van der Waals surface area contributed by atoms with Gasteiger partial charge in [0, 0.05) is 24.2 Å². The van der Waals surface area contributed by atoms with Crippen LogP contribution in [0.1, 0.15) is 34.1 Å². The maximum Gasteiger partial charge on any atom is 0.0311 e. The van der Waals surface area contributed by atoms with Crippen LogP contribution in [0.15, 0.2) is 12.3 Å². The Bertz CT molecular complexity index is 188. The molecule has 1 fully saturated rings. The van der Waals surface area contributed by atoms with Crippen molar-refractivity contribution in [3.63, 3.8) is 0 Å². The van der Waals surface area contributed by atoms with E-state index >= 15 is 0 Å². The molecule has 0 heterocycles. The second kappa shape index (κ2) is 2.79. The van der Waals surface area contributed by atoms with Crippen LogP contribution in [0.4, 0.5) is 0 Å². The molecule has 2 unspecified atom stereocenters. The smallest absolute Gasteiger partial charge is 0.0311 e. The average molecular weight is 167 g/mol. The highest BCUT2D eigenvalue weighted by molar-refractivity contribution is 5.11. The molecule has 1 saturated carbocycles. The summed E-state index contributed by atoms with van der Waals surface area (Å²) in [7, 11) is 2.15. The molecule has 0 radical (unpaired) electrons. The number of allylic oxidation sites excluding steroid dienone is 1. The van der Waals surface area contributed by atoms with Gasteiger partial charge in [-0.25, -0.2) is 0 Å². The summed E-state index contributed by atoms with van der Waals surface area (Å²) >= 11 is 0. The first-order valence-corrected chi connectivity index (χ1v) is 4.76. The fourth-order valence-electron chi connectivity index (χ4n) is 1.47. The van der Waals surface area contributed by atoms with Crippen LogP contribution in [0.3, 0.4) is 0 Å². The lowest BCUT2D eigenvalue weighted by Crippen LogP contribution is -2.37. The second-order valence-electron chi connectivity index (χ2n) is 5.04. The lowest BCUT2D eigenvalue weighted by Gasteiger charge is -2.35. The number of hydrogen-bond donors (Lipinski definition) is 0. The predicted molar refractivity (Wildman–Crippen MR) is 53.9 cm³/mol. The normalized spacial score (nSPS) is 28.4. The molecule has 0 bridgehead atoms. The van der Waals surface area contributed by atoms with Gasteiger partial charge in [-0.2, -0.15) is 0 Å². The van der Waals surface area contributed by atoms with Gasteiger partial charge < -0.3 is 4.90 Å². The van der Waals surface area contributed by atoms with E-state index in [1.165, 1.54) is 12.1 Å². The monoisotopic (exact) mass is 167 g/mol. The lowest BCUT2D eigenvalue weighted by atomic mass is 10.0. The molecule has 1 aliphatic rings. The highest BCUT2D eigenvalue weighted by Crippen LogP contribution is 2.44. The molecule has 0 aliphatic heterocycles. The van der Waals surface area contributed by atoms with E-state index in [1.807, 2.05) is 0 Å². The zero-order valence-electron chi connectivity index (χ0n) is 9.02. The first kappa shape index (κ1) is 9.63. The first-order chi connectivity index (χ1) is 5.34. The fraction of sp³-hybridized carbons (Fsp3) is 0.818. The summed E-state index contributed by atoms with van der Waals surface area (Å²) in [6, 6.07) is 0. The summed E-state index contributed by atoms with van der Waals surface area (Å²) in [5.41, 5.74) is 1.54. The van der Waals surface area contributed by atoms with Gasteiger partial charge in [-0.1, -0.05) is 13.5 Å². The van der Waals surface area contributed by atoms with E-state index in [4.69, 9.17) is 0 Å². The molecule has 0 N–H and O–H groups in total. The average Bonchev–Trinajstić information content (AvgIpc) is 2.62. The summed E-state index contributed by atoms with van der Waals surface area (Å²) in [6.07, 6.45) is 1.33. The van der Waals surface area contributed by atoms with Crippen molar-refractivity contribution in [3.05, 3.63) is 12.3 Å². The summed E-state index contributed by atoms with van der Waals surface area (Å²) in [6.45, 7) is 13.1. The molecule has 1 heteroatoms. The van der Waals surface area contributed by atoms with Gasteiger partial charge in [0.25, 0.3) is 0 Å². The topological polar surface area (TPSA) is 3.24 Å². The minimum Gasteiger partial charge on any atom is -0.373 e. The largest absolute Gasteiger partial charge is 0.373 e. The third-order valence-electron chi connectivity index (χ3n) is 2.97. The van der Waals surface area contributed by atoms with Crippen LogP contribution in [0.25, 0.3) is 0 Å². The van der Waals surface area contributed by atoms with Gasteiger partial charge >= 0.3 is 0 Å². The molecule has 0 saturated heterocycles. The fourth-order valence-corrected chi connectivity index (χ4v) is 1.47. The Balaban J connectivity index is 2.53. The summed E-state index contributed by atoms with van der Waals surface area (Å²) in [4.78, 5) is 2.31. The van der Waals surface area contributed by atoms with E-state index < -0.39 is 0 Å². The molecule has 2 atom stereocenters. The molecule has 1 rings (SSSR count). The van der Waals surface area contributed by atoms with E-state index in [0.717, 1.165) is 11.8 Å².